The van der Waals surface area contributed by atoms with Crippen LogP contribution in [0.3, 0.4) is 0 Å². The molecule has 29 heavy (non-hydrogen) atoms. The van der Waals surface area contributed by atoms with E-state index in [1.807, 2.05) is 13.8 Å². The summed E-state index contributed by atoms with van der Waals surface area (Å²) >= 11 is 6.21. The smallest absolute Gasteiger partial charge is 0.303 e. The minimum atomic E-state index is -1.97. The number of ketones is 1. The van der Waals surface area contributed by atoms with Crippen LogP contribution in [0.15, 0.2) is 34.6 Å². The first-order valence-electron chi connectivity index (χ1n) is 9.61. The summed E-state index contributed by atoms with van der Waals surface area (Å²) in [5, 5.41) is 31.3. The highest BCUT2D eigenvalue weighted by Crippen LogP contribution is 2.41. The van der Waals surface area contributed by atoms with Gasteiger partial charge in [0.15, 0.2) is 5.60 Å². The summed E-state index contributed by atoms with van der Waals surface area (Å²) in [5.41, 5.74) is -3.06. The average molecular weight is 429 g/mol. The lowest BCUT2D eigenvalue weighted by Gasteiger charge is -2.42. The van der Waals surface area contributed by atoms with Crippen molar-refractivity contribution < 1.29 is 34.4 Å². The standard InChI is InChI=1S/C21H29ClO7/c1-6-11(2)17(24)20(4,26)8-7-13-9-14-15(10-28-13)19(29-12(3)23)21(5,27)18(25)16(14)22/h7-9,11,15,17,19,24,26-27H,6,10H2,1-5H3. The van der Waals surface area contributed by atoms with Crippen molar-refractivity contribution in [1.82, 2.24) is 0 Å². The molecule has 0 radical (unpaired) electrons. The molecule has 0 aromatic rings. The number of aliphatic hydroxyl groups is 3. The predicted molar refractivity (Wildman–Crippen MR) is 107 cm³/mol. The van der Waals surface area contributed by atoms with E-state index in [2.05, 4.69) is 0 Å². The molecular weight excluding hydrogens is 400 g/mol. The van der Waals surface area contributed by atoms with Gasteiger partial charge >= 0.3 is 5.97 Å². The first-order valence-corrected chi connectivity index (χ1v) is 9.98. The molecule has 6 unspecified atom stereocenters. The molecule has 0 amide bonds. The zero-order valence-electron chi connectivity index (χ0n) is 17.3. The maximum absolute atomic E-state index is 12.5. The van der Waals surface area contributed by atoms with Gasteiger partial charge in [-0.15, -0.1) is 0 Å². The minimum absolute atomic E-state index is 0.0131. The van der Waals surface area contributed by atoms with E-state index < -0.39 is 41.1 Å². The van der Waals surface area contributed by atoms with Gasteiger partial charge in [-0.1, -0.05) is 31.9 Å². The summed E-state index contributed by atoms with van der Waals surface area (Å²) in [7, 11) is 0. The summed E-state index contributed by atoms with van der Waals surface area (Å²) in [6.07, 6.45) is 3.03. The number of carbonyl (C=O) groups excluding carboxylic acids is 2. The van der Waals surface area contributed by atoms with Crippen molar-refractivity contribution >= 4 is 23.4 Å². The third-order valence-corrected chi connectivity index (χ3v) is 6.01. The van der Waals surface area contributed by atoms with Crippen LogP contribution in [0.5, 0.6) is 0 Å². The van der Waals surface area contributed by atoms with Crippen molar-refractivity contribution in [2.45, 2.75) is 64.4 Å². The van der Waals surface area contributed by atoms with Gasteiger partial charge in [0.1, 0.15) is 17.5 Å². The molecule has 0 fully saturated rings. The van der Waals surface area contributed by atoms with E-state index in [4.69, 9.17) is 21.1 Å². The largest absolute Gasteiger partial charge is 0.493 e. The molecule has 1 aliphatic heterocycles. The van der Waals surface area contributed by atoms with Gasteiger partial charge in [-0.25, -0.2) is 0 Å². The number of allylic oxidation sites excluding steroid dienone is 2. The average Bonchev–Trinajstić information content (AvgIpc) is 2.66. The van der Waals surface area contributed by atoms with Crippen LogP contribution in [-0.4, -0.2) is 57.1 Å². The number of Topliss-reactive ketones (excluding diaryl/α,β-unsaturated/α-hetero) is 1. The van der Waals surface area contributed by atoms with Gasteiger partial charge in [0, 0.05) is 6.92 Å². The molecule has 2 rings (SSSR count). The van der Waals surface area contributed by atoms with Crippen molar-refractivity contribution in [3.63, 3.8) is 0 Å². The van der Waals surface area contributed by atoms with Crippen LogP contribution in [0.25, 0.3) is 0 Å². The van der Waals surface area contributed by atoms with Crippen molar-refractivity contribution in [2.75, 3.05) is 6.61 Å². The quantitative estimate of drug-likeness (QED) is 0.554. The number of halogens is 1. The van der Waals surface area contributed by atoms with Gasteiger partial charge in [0.25, 0.3) is 0 Å². The molecule has 7 nitrogen and oxygen atoms in total. The predicted octanol–water partition coefficient (Wildman–Crippen LogP) is 1.99. The lowest BCUT2D eigenvalue weighted by Crippen LogP contribution is -2.57. The SMILES string of the molecule is CCC(C)C(O)C(C)(O)C=CC1=CC2=C(Cl)C(=O)C(C)(O)C(OC(C)=O)C2CO1. The van der Waals surface area contributed by atoms with Crippen molar-refractivity contribution in [3.8, 4) is 0 Å². The van der Waals surface area contributed by atoms with E-state index in [-0.39, 0.29) is 17.6 Å². The molecule has 0 saturated heterocycles. The minimum Gasteiger partial charge on any atom is -0.493 e. The van der Waals surface area contributed by atoms with E-state index >= 15 is 0 Å². The molecule has 0 aromatic carbocycles. The van der Waals surface area contributed by atoms with Gasteiger partial charge in [-0.2, -0.15) is 0 Å². The number of hydrogen-bond donors (Lipinski definition) is 3. The maximum Gasteiger partial charge on any atom is 0.303 e. The second-order valence-corrected chi connectivity index (χ2v) is 8.51. The molecule has 0 saturated carbocycles. The molecule has 0 aromatic heterocycles. The fourth-order valence-corrected chi connectivity index (χ4v) is 3.94. The highest BCUT2D eigenvalue weighted by atomic mass is 35.5. The molecular formula is C21H29ClO7. The third-order valence-electron chi connectivity index (χ3n) is 5.62. The summed E-state index contributed by atoms with van der Waals surface area (Å²) in [6.45, 7) is 7.72. The van der Waals surface area contributed by atoms with Crippen LogP contribution in [0.2, 0.25) is 0 Å². The van der Waals surface area contributed by atoms with Crippen LogP contribution in [0.1, 0.15) is 41.0 Å². The Hall–Kier alpha value is -1.67. The molecule has 1 heterocycles. The Morgan fingerprint density at radius 1 is 1.55 bits per heavy atom. The first kappa shape index (κ1) is 23.6. The number of ether oxygens (including phenoxy) is 2. The Balaban J connectivity index is 2.35. The van der Waals surface area contributed by atoms with Gasteiger partial charge in [0.2, 0.25) is 5.78 Å². The van der Waals surface area contributed by atoms with Crippen LogP contribution < -0.4 is 0 Å². The molecule has 0 bridgehead atoms. The van der Waals surface area contributed by atoms with Crippen LogP contribution in [-0.2, 0) is 19.1 Å². The Morgan fingerprint density at radius 3 is 2.72 bits per heavy atom. The molecule has 1 aliphatic carbocycles. The molecule has 2 aliphatic rings. The Labute approximate surface area is 175 Å². The van der Waals surface area contributed by atoms with E-state index in [1.165, 1.54) is 39.0 Å². The molecule has 0 spiro atoms. The van der Waals surface area contributed by atoms with Crippen LogP contribution in [0, 0.1) is 11.8 Å². The maximum atomic E-state index is 12.5. The number of hydrogen-bond acceptors (Lipinski definition) is 7. The lowest BCUT2D eigenvalue weighted by atomic mass is 9.74. The third kappa shape index (κ3) is 4.74. The van der Waals surface area contributed by atoms with E-state index in [0.29, 0.717) is 17.8 Å². The number of esters is 1. The second-order valence-electron chi connectivity index (χ2n) is 8.13. The van der Waals surface area contributed by atoms with Gasteiger partial charge in [0.05, 0.1) is 23.7 Å². The zero-order valence-corrected chi connectivity index (χ0v) is 18.1. The highest BCUT2D eigenvalue weighted by molar-refractivity contribution is 6.44. The van der Waals surface area contributed by atoms with E-state index in [1.54, 1.807) is 0 Å². The fourth-order valence-electron chi connectivity index (χ4n) is 3.55. The van der Waals surface area contributed by atoms with Gasteiger partial charge < -0.3 is 24.8 Å². The van der Waals surface area contributed by atoms with E-state index in [0.717, 1.165) is 0 Å². The zero-order chi connectivity index (χ0) is 22.1. The number of aliphatic hydroxyl groups excluding tert-OH is 1. The Bertz CT molecular complexity index is 763. The van der Waals surface area contributed by atoms with Gasteiger partial charge in [-0.05, 0) is 43.6 Å². The summed E-state index contributed by atoms with van der Waals surface area (Å²) < 4.78 is 10.9. The van der Waals surface area contributed by atoms with E-state index in [9.17, 15) is 24.9 Å². The Morgan fingerprint density at radius 2 is 2.17 bits per heavy atom. The lowest BCUT2D eigenvalue weighted by molar-refractivity contribution is -0.174. The fraction of sp³-hybridized carbons (Fsp3) is 0.619. The summed E-state index contributed by atoms with van der Waals surface area (Å²) in [5.74, 6) is -1.79. The summed E-state index contributed by atoms with van der Waals surface area (Å²) in [6, 6.07) is 0. The monoisotopic (exact) mass is 428 g/mol. The second kappa shape index (κ2) is 8.60. The number of fused-ring (bicyclic) bond motifs is 1. The van der Waals surface area contributed by atoms with Crippen molar-refractivity contribution in [3.05, 3.63) is 34.6 Å². The first-order chi connectivity index (χ1) is 13.3. The van der Waals surface area contributed by atoms with Crippen LogP contribution >= 0.6 is 11.6 Å². The summed E-state index contributed by atoms with van der Waals surface area (Å²) in [4.78, 5) is 24.0. The normalized spacial score (nSPS) is 31.5. The number of carbonyl (C=O) groups is 2. The molecule has 8 heteroatoms. The topological polar surface area (TPSA) is 113 Å². The molecule has 162 valence electrons. The van der Waals surface area contributed by atoms with Gasteiger partial charge in [-0.3, -0.25) is 9.59 Å². The van der Waals surface area contributed by atoms with Crippen molar-refractivity contribution in [1.29, 1.82) is 0 Å². The molecule has 3 N–H and O–H groups in total. The highest BCUT2D eigenvalue weighted by Gasteiger charge is 2.53. The van der Waals surface area contributed by atoms with Crippen molar-refractivity contribution in [2.24, 2.45) is 11.8 Å². The Kier molecular flexibility index (Phi) is 7.00. The number of rotatable bonds is 6. The van der Waals surface area contributed by atoms with Crippen LogP contribution in [0.4, 0.5) is 0 Å². The molecule has 6 atom stereocenters.